The Balaban J connectivity index is 1.90. The summed E-state index contributed by atoms with van der Waals surface area (Å²) in [4.78, 5) is 11.5. The minimum Gasteiger partial charge on any atom is -0.368 e. The highest BCUT2D eigenvalue weighted by Crippen LogP contribution is 2.51. The molecule has 0 spiro atoms. The van der Waals surface area contributed by atoms with E-state index < -0.39 is 0 Å². The summed E-state index contributed by atoms with van der Waals surface area (Å²) in [5.41, 5.74) is 0.789. The van der Waals surface area contributed by atoms with Gasteiger partial charge in [0.1, 0.15) is 5.82 Å². The molecule has 5 nitrogen and oxygen atoms in total. The summed E-state index contributed by atoms with van der Waals surface area (Å²) in [5.74, 6) is 1.24. The van der Waals surface area contributed by atoms with Crippen LogP contribution in [0.15, 0.2) is 12.1 Å². The Kier molecular flexibility index (Phi) is 4.02. The zero-order valence-electron chi connectivity index (χ0n) is 11.9. The predicted octanol–water partition coefficient (Wildman–Crippen LogP) is 2.07. The van der Waals surface area contributed by atoms with E-state index >= 15 is 0 Å². The summed E-state index contributed by atoms with van der Waals surface area (Å²) < 4.78 is 0. The van der Waals surface area contributed by atoms with Crippen LogP contribution in [-0.2, 0) is 0 Å². The van der Waals surface area contributed by atoms with Crippen LogP contribution in [0, 0.1) is 11.3 Å². The molecule has 104 valence electrons. The molecule has 19 heavy (non-hydrogen) atoms. The van der Waals surface area contributed by atoms with Crippen molar-refractivity contribution in [2.24, 2.45) is 11.3 Å². The maximum atomic E-state index is 11.5. The predicted molar refractivity (Wildman–Crippen MR) is 75.0 cm³/mol. The number of nitrogens with zero attached hydrogens (tertiary/aromatic N) is 2. The van der Waals surface area contributed by atoms with Gasteiger partial charge in [-0.3, -0.25) is 4.79 Å². The molecule has 5 heteroatoms. The first-order valence-electron chi connectivity index (χ1n) is 6.93. The third-order valence-corrected chi connectivity index (χ3v) is 3.97. The molecule has 1 aromatic heterocycles. The van der Waals surface area contributed by atoms with Crippen LogP contribution >= 0.6 is 0 Å². The zero-order valence-corrected chi connectivity index (χ0v) is 11.9. The first-order valence-corrected chi connectivity index (χ1v) is 6.93. The normalized spacial score (nSPS) is 16.2. The first-order chi connectivity index (χ1) is 9.07. The van der Waals surface area contributed by atoms with Gasteiger partial charge in [0, 0.05) is 13.1 Å². The molecule has 0 radical (unpaired) electrons. The van der Waals surface area contributed by atoms with Crippen molar-refractivity contribution in [3.05, 3.63) is 17.8 Å². The van der Waals surface area contributed by atoms with Gasteiger partial charge in [0.25, 0.3) is 5.91 Å². The lowest BCUT2D eigenvalue weighted by molar-refractivity contribution is 0.0950. The van der Waals surface area contributed by atoms with Crippen molar-refractivity contribution in [3.8, 4) is 0 Å². The van der Waals surface area contributed by atoms with E-state index in [0.717, 1.165) is 12.4 Å². The highest BCUT2D eigenvalue weighted by Gasteiger charge is 2.44. The highest BCUT2D eigenvalue weighted by atomic mass is 16.1. The lowest BCUT2D eigenvalue weighted by atomic mass is 9.92. The van der Waals surface area contributed by atoms with E-state index in [-0.39, 0.29) is 5.91 Å². The van der Waals surface area contributed by atoms with Crippen molar-refractivity contribution in [2.75, 3.05) is 18.4 Å². The van der Waals surface area contributed by atoms with Gasteiger partial charge in [-0.25, -0.2) is 0 Å². The summed E-state index contributed by atoms with van der Waals surface area (Å²) in [7, 11) is 0. The quantitative estimate of drug-likeness (QED) is 0.823. The zero-order chi connectivity index (χ0) is 13.9. The molecule has 0 saturated heterocycles. The summed E-state index contributed by atoms with van der Waals surface area (Å²) >= 11 is 0. The second kappa shape index (κ2) is 5.55. The fourth-order valence-electron chi connectivity index (χ4n) is 2.18. The minimum atomic E-state index is -0.178. The van der Waals surface area contributed by atoms with Crippen LogP contribution in [0.2, 0.25) is 0 Å². The molecule has 1 saturated carbocycles. The number of amides is 1. The maximum Gasteiger partial charge on any atom is 0.271 e. The Hall–Kier alpha value is -1.65. The van der Waals surface area contributed by atoms with E-state index in [2.05, 4.69) is 34.7 Å². The molecule has 2 N–H and O–H groups in total. The lowest BCUT2D eigenvalue weighted by Crippen LogP contribution is -2.24. The van der Waals surface area contributed by atoms with Crippen LogP contribution in [0.1, 0.15) is 44.1 Å². The van der Waals surface area contributed by atoms with Gasteiger partial charge in [-0.15, -0.1) is 10.2 Å². The number of carbonyl (C=O) groups is 1. The third kappa shape index (κ3) is 3.22. The van der Waals surface area contributed by atoms with Crippen LogP contribution in [0.5, 0.6) is 0 Å². The second-order valence-corrected chi connectivity index (χ2v) is 5.53. The van der Waals surface area contributed by atoms with Crippen LogP contribution in [-0.4, -0.2) is 29.2 Å². The topological polar surface area (TPSA) is 66.9 Å². The minimum absolute atomic E-state index is 0.178. The van der Waals surface area contributed by atoms with Gasteiger partial charge >= 0.3 is 0 Å². The second-order valence-electron chi connectivity index (χ2n) is 5.53. The molecule has 1 aromatic rings. The summed E-state index contributed by atoms with van der Waals surface area (Å²) in [6.07, 6.45) is 2.56. The van der Waals surface area contributed by atoms with Gasteiger partial charge in [-0.2, -0.15) is 0 Å². The molecular weight excluding hydrogens is 240 g/mol. The molecule has 1 fully saturated rings. The molecule has 2 rings (SSSR count). The molecule has 0 atom stereocenters. The van der Waals surface area contributed by atoms with E-state index in [1.54, 1.807) is 6.07 Å². The number of nitrogens with one attached hydrogen (secondary N) is 2. The Labute approximate surface area is 114 Å². The van der Waals surface area contributed by atoms with Gasteiger partial charge < -0.3 is 10.6 Å². The van der Waals surface area contributed by atoms with Crippen molar-refractivity contribution in [1.29, 1.82) is 0 Å². The average Bonchev–Trinajstić information content (AvgIpc) is 3.18. The first kappa shape index (κ1) is 13.8. The third-order valence-electron chi connectivity index (χ3n) is 3.97. The smallest absolute Gasteiger partial charge is 0.271 e. The summed E-state index contributed by atoms with van der Waals surface area (Å²) in [6, 6.07) is 3.52. The van der Waals surface area contributed by atoms with Crippen molar-refractivity contribution in [1.82, 2.24) is 15.5 Å². The van der Waals surface area contributed by atoms with Crippen LogP contribution in [0.4, 0.5) is 5.82 Å². The molecule has 1 aliphatic rings. The Morgan fingerprint density at radius 1 is 1.37 bits per heavy atom. The molecule has 0 aromatic carbocycles. The van der Waals surface area contributed by atoms with E-state index in [0.29, 0.717) is 23.6 Å². The van der Waals surface area contributed by atoms with Gasteiger partial charge in [0.05, 0.1) is 0 Å². The van der Waals surface area contributed by atoms with Crippen molar-refractivity contribution in [3.63, 3.8) is 0 Å². The summed E-state index contributed by atoms with van der Waals surface area (Å²) in [5, 5.41) is 14.0. The fraction of sp³-hybridized carbons (Fsp3) is 0.643. The Morgan fingerprint density at radius 2 is 2.11 bits per heavy atom. The number of rotatable bonds is 6. The van der Waals surface area contributed by atoms with Gasteiger partial charge in [0.15, 0.2) is 5.69 Å². The van der Waals surface area contributed by atoms with Crippen LogP contribution < -0.4 is 10.6 Å². The Bertz CT molecular complexity index is 437. The van der Waals surface area contributed by atoms with Gasteiger partial charge in [-0.1, -0.05) is 13.8 Å². The van der Waals surface area contributed by atoms with Crippen molar-refractivity contribution in [2.45, 2.75) is 33.6 Å². The van der Waals surface area contributed by atoms with Crippen LogP contribution in [0.3, 0.4) is 0 Å². The van der Waals surface area contributed by atoms with Crippen molar-refractivity contribution < 1.29 is 4.79 Å². The molecule has 0 unspecified atom stereocenters. The number of aromatic nitrogens is 2. The SMILES string of the molecule is CCNC(=O)c1ccc(NCC2(C(C)C)CC2)nn1. The van der Waals surface area contributed by atoms with Gasteiger partial charge in [0.2, 0.25) is 0 Å². The van der Waals surface area contributed by atoms with Crippen LogP contribution in [0.25, 0.3) is 0 Å². The number of hydrogen-bond acceptors (Lipinski definition) is 4. The van der Waals surface area contributed by atoms with E-state index in [4.69, 9.17) is 0 Å². The molecule has 0 bridgehead atoms. The average molecular weight is 262 g/mol. The van der Waals surface area contributed by atoms with Gasteiger partial charge in [-0.05, 0) is 43.2 Å². The molecule has 1 aliphatic carbocycles. The number of anilines is 1. The number of carbonyl (C=O) groups excluding carboxylic acids is 1. The molecule has 1 amide bonds. The number of hydrogen-bond donors (Lipinski definition) is 2. The lowest BCUT2D eigenvalue weighted by Gasteiger charge is -2.20. The van der Waals surface area contributed by atoms with E-state index in [9.17, 15) is 4.79 Å². The summed E-state index contributed by atoms with van der Waals surface area (Å²) in [6.45, 7) is 7.93. The monoisotopic (exact) mass is 262 g/mol. The Morgan fingerprint density at radius 3 is 2.58 bits per heavy atom. The van der Waals surface area contributed by atoms with E-state index in [1.807, 2.05) is 13.0 Å². The molecule has 0 aliphatic heterocycles. The standard InChI is InChI=1S/C14H22N4O/c1-4-15-13(19)11-5-6-12(18-17-11)16-9-14(7-8-14)10(2)3/h5-6,10H,4,7-9H2,1-3H3,(H,15,19)(H,16,18). The van der Waals surface area contributed by atoms with Crippen molar-refractivity contribution >= 4 is 11.7 Å². The fourth-order valence-corrected chi connectivity index (χ4v) is 2.18. The highest BCUT2D eigenvalue weighted by molar-refractivity contribution is 5.92. The maximum absolute atomic E-state index is 11.5. The molecule has 1 heterocycles. The largest absolute Gasteiger partial charge is 0.368 e. The van der Waals surface area contributed by atoms with E-state index in [1.165, 1.54) is 12.8 Å². The molecular formula is C14H22N4O.